The van der Waals surface area contributed by atoms with Gasteiger partial charge in [0.25, 0.3) is 5.91 Å². The number of amides is 1. The van der Waals surface area contributed by atoms with E-state index >= 15 is 0 Å². The van der Waals surface area contributed by atoms with Crippen LogP contribution in [0, 0.1) is 5.82 Å². The van der Waals surface area contributed by atoms with Crippen LogP contribution in [0.25, 0.3) is 11.3 Å². The molecule has 0 fully saturated rings. The van der Waals surface area contributed by atoms with E-state index in [4.69, 9.17) is 4.42 Å². The Morgan fingerprint density at radius 3 is 2.60 bits per heavy atom. The standard InChI is InChI=1S/C19H20FN3O2/c1-12(2)16-10-17(23(3)22-16)19(24)21-11-15-8-9-18(25-15)13-4-6-14(20)7-5-13/h4-10,12H,11H2,1-3H3,(H,21,24). The van der Waals surface area contributed by atoms with Gasteiger partial charge in [-0.1, -0.05) is 13.8 Å². The lowest BCUT2D eigenvalue weighted by molar-refractivity contribution is 0.0938. The monoisotopic (exact) mass is 341 g/mol. The van der Waals surface area contributed by atoms with Crippen LogP contribution in [0.15, 0.2) is 46.9 Å². The average molecular weight is 341 g/mol. The summed E-state index contributed by atoms with van der Waals surface area (Å²) in [5.41, 5.74) is 2.17. The largest absolute Gasteiger partial charge is 0.459 e. The molecule has 0 saturated carbocycles. The molecule has 3 aromatic rings. The Bertz CT molecular complexity index is 878. The van der Waals surface area contributed by atoms with E-state index in [1.807, 2.05) is 13.8 Å². The summed E-state index contributed by atoms with van der Waals surface area (Å²) in [6.45, 7) is 4.33. The fourth-order valence-corrected chi connectivity index (χ4v) is 2.48. The molecule has 130 valence electrons. The molecule has 3 rings (SSSR count). The number of furan rings is 1. The van der Waals surface area contributed by atoms with Crippen LogP contribution in [0.4, 0.5) is 4.39 Å². The van der Waals surface area contributed by atoms with Gasteiger partial charge in [-0.3, -0.25) is 9.48 Å². The number of carbonyl (C=O) groups excluding carboxylic acids is 1. The molecular weight excluding hydrogens is 321 g/mol. The van der Waals surface area contributed by atoms with Crippen molar-refractivity contribution in [3.63, 3.8) is 0 Å². The van der Waals surface area contributed by atoms with E-state index in [1.54, 1.807) is 42.1 Å². The van der Waals surface area contributed by atoms with Crippen molar-refractivity contribution in [1.82, 2.24) is 15.1 Å². The van der Waals surface area contributed by atoms with Gasteiger partial charge in [0, 0.05) is 12.6 Å². The minimum atomic E-state index is -0.292. The Hall–Kier alpha value is -2.89. The van der Waals surface area contributed by atoms with Gasteiger partial charge in [0.15, 0.2) is 0 Å². The Balaban J connectivity index is 1.66. The molecule has 2 aromatic heterocycles. The van der Waals surface area contributed by atoms with Crippen molar-refractivity contribution in [2.75, 3.05) is 0 Å². The van der Waals surface area contributed by atoms with Crippen molar-refractivity contribution in [1.29, 1.82) is 0 Å². The lowest BCUT2D eigenvalue weighted by Gasteiger charge is -2.03. The van der Waals surface area contributed by atoms with Gasteiger partial charge in [0.2, 0.25) is 0 Å². The fourth-order valence-electron chi connectivity index (χ4n) is 2.48. The van der Waals surface area contributed by atoms with E-state index < -0.39 is 0 Å². The number of aromatic nitrogens is 2. The molecule has 0 bridgehead atoms. The van der Waals surface area contributed by atoms with E-state index in [2.05, 4.69) is 10.4 Å². The van der Waals surface area contributed by atoms with Gasteiger partial charge in [-0.05, 0) is 48.4 Å². The van der Waals surface area contributed by atoms with Gasteiger partial charge in [-0.15, -0.1) is 0 Å². The number of halogens is 1. The topological polar surface area (TPSA) is 60.1 Å². The van der Waals surface area contributed by atoms with Crippen molar-refractivity contribution in [2.24, 2.45) is 7.05 Å². The Morgan fingerprint density at radius 1 is 1.24 bits per heavy atom. The summed E-state index contributed by atoms with van der Waals surface area (Å²) in [5.74, 6) is 1.02. The Morgan fingerprint density at radius 2 is 1.96 bits per heavy atom. The number of hydrogen-bond donors (Lipinski definition) is 1. The van der Waals surface area contributed by atoms with Crippen LogP contribution in [-0.4, -0.2) is 15.7 Å². The number of nitrogens with one attached hydrogen (secondary N) is 1. The summed E-state index contributed by atoms with van der Waals surface area (Å²) in [6, 6.07) is 11.5. The minimum Gasteiger partial charge on any atom is -0.459 e. The number of benzene rings is 1. The SMILES string of the molecule is CC(C)c1cc(C(=O)NCc2ccc(-c3ccc(F)cc3)o2)n(C)n1. The van der Waals surface area contributed by atoms with Crippen LogP contribution < -0.4 is 5.32 Å². The highest BCUT2D eigenvalue weighted by Gasteiger charge is 2.15. The summed E-state index contributed by atoms with van der Waals surface area (Å²) >= 11 is 0. The van der Waals surface area contributed by atoms with Gasteiger partial charge >= 0.3 is 0 Å². The molecule has 5 nitrogen and oxygen atoms in total. The highest BCUT2D eigenvalue weighted by Crippen LogP contribution is 2.22. The van der Waals surface area contributed by atoms with E-state index in [9.17, 15) is 9.18 Å². The third kappa shape index (κ3) is 3.79. The van der Waals surface area contributed by atoms with E-state index in [1.165, 1.54) is 12.1 Å². The Labute approximate surface area is 145 Å². The molecule has 1 aromatic carbocycles. The zero-order valence-corrected chi connectivity index (χ0v) is 14.4. The van der Waals surface area contributed by atoms with Crippen molar-refractivity contribution in [3.8, 4) is 11.3 Å². The summed E-state index contributed by atoms with van der Waals surface area (Å²) in [4.78, 5) is 12.3. The molecule has 1 amide bonds. The van der Waals surface area contributed by atoms with E-state index in [0.29, 0.717) is 17.2 Å². The normalized spacial score (nSPS) is 11.1. The van der Waals surface area contributed by atoms with E-state index in [-0.39, 0.29) is 24.2 Å². The van der Waals surface area contributed by atoms with Crippen molar-refractivity contribution in [2.45, 2.75) is 26.3 Å². The van der Waals surface area contributed by atoms with E-state index in [0.717, 1.165) is 11.3 Å². The maximum atomic E-state index is 13.0. The predicted molar refractivity (Wildman–Crippen MR) is 92.6 cm³/mol. The molecule has 0 spiro atoms. The summed E-state index contributed by atoms with van der Waals surface area (Å²) < 4.78 is 20.3. The zero-order valence-electron chi connectivity index (χ0n) is 14.4. The van der Waals surface area contributed by atoms with Crippen LogP contribution in [0.5, 0.6) is 0 Å². The van der Waals surface area contributed by atoms with Crippen molar-refractivity contribution >= 4 is 5.91 Å². The molecule has 0 unspecified atom stereocenters. The second-order valence-electron chi connectivity index (χ2n) is 6.19. The number of carbonyl (C=O) groups is 1. The molecule has 0 aliphatic carbocycles. The second kappa shape index (κ2) is 6.93. The first-order valence-corrected chi connectivity index (χ1v) is 8.11. The summed E-state index contributed by atoms with van der Waals surface area (Å²) in [6.07, 6.45) is 0. The maximum absolute atomic E-state index is 13.0. The molecule has 0 radical (unpaired) electrons. The lowest BCUT2D eigenvalue weighted by Crippen LogP contribution is -2.24. The maximum Gasteiger partial charge on any atom is 0.269 e. The molecule has 0 aliphatic rings. The van der Waals surface area contributed by atoms with Crippen molar-refractivity contribution in [3.05, 3.63) is 65.4 Å². The van der Waals surface area contributed by atoms with Gasteiger partial charge < -0.3 is 9.73 Å². The van der Waals surface area contributed by atoms with Gasteiger partial charge in [-0.2, -0.15) is 5.10 Å². The minimum absolute atomic E-state index is 0.207. The van der Waals surface area contributed by atoms with Crippen LogP contribution in [0.1, 0.15) is 41.7 Å². The summed E-state index contributed by atoms with van der Waals surface area (Å²) in [7, 11) is 1.75. The second-order valence-corrected chi connectivity index (χ2v) is 6.19. The number of nitrogens with zero attached hydrogens (tertiary/aromatic N) is 2. The first kappa shape index (κ1) is 17.0. The molecule has 25 heavy (non-hydrogen) atoms. The molecular formula is C19H20FN3O2. The van der Waals surface area contributed by atoms with Crippen molar-refractivity contribution < 1.29 is 13.6 Å². The lowest BCUT2D eigenvalue weighted by atomic mass is 10.1. The molecule has 0 aliphatic heterocycles. The molecule has 6 heteroatoms. The predicted octanol–water partition coefficient (Wildman–Crippen LogP) is 3.87. The first-order valence-electron chi connectivity index (χ1n) is 8.11. The highest BCUT2D eigenvalue weighted by atomic mass is 19.1. The molecule has 0 saturated heterocycles. The van der Waals surface area contributed by atoms with Crippen LogP contribution in [-0.2, 0) is 13.6 Å². The third-order valence-corrected chi connectivity index (χ3v) is 3.94. The first-order chi connectivity index (χ1) is 11.9. The summed E-state index contributed by atoms with van der Waals surface area (Å²) in [5, 5.41) is 7.17. The van der Waals surface area contributed by atoms with Crippen LogP contribution in [0.2, 0.25) is 0 Å². The Kier molecular flexibility index (Phi) is 4.70. The quantitative estimate of drug-likeness (QED) is 0.766. The number of rotatable bonds is 5. The fraction of sp³-hybridized carbons (Fsp3) is 0.263. The van der Waals surface area contributed by atoms with Gasteiger partial charge in [0.1, 0.15) is 23.0 Å². The number of hydrogen-bond acceptors (Lipinski definition) is 3. The van der Waals surface area contributed by atoms with Crippen LogP contribution in [0.3, 0.4) is 0 Å². The molecule has 1 N–H and O–H groups in total. The smallest absolute Gasteiger partial charge is 0.269 e. The highest BCUT2D eigenvalue weighted by molar-refractivity contribution is 5.92. The molecule has 0 atom stereocenters. The zero-order chi connectivity index (χ0) is 18.0. The molecule has 2 heterocycles. The van der Waals surface area contributed by atoms with Gasteiger partial charge in [-0.25, -0.2) is 4.39 Å². The van der Waals surface area contributed by atoms with Crippen LogP contribution >= 0.6 is 0 Å². The van der Waals surface area contributed by atoms with Gasteiger partial charge in [0.05, 0.1) is 12.2 Å². The third-order valence-electron chi connectivity index (χ3n) is 3.94. The number of aryl methyl sites for hydroxylation is 1. The average Bonchev–Trinajstić information content (AvgIpc) is 3.20.